The Morgan fingerprint density at radius 1 is 0.765 bits per heavy atom. The summed E-state index contributed by atoms with van der Waals surface area (Å²) in [5.74, 6) is -1.07. The highest BCUT2D eigenvalue weighted by molar-refractivity contribution is 5.90. The zero-order chi connectivity index (χ0) is 23.4. The lowest BCUT2D eigenvalue weighted by Gasteiger charge is -2.52. The molecule has 34 heavy (non-hydrogen) atoms. The number of hydrogen-bond acceptors (Lipinski definition) is 7. The van der Waals surface area contributed by atoms with Crippen molar-refractivity contribution in [2.45, 2.75) is 30.7 Å². The number of hydrogen-bond donors (Lipinski definition) is 0. The Hall–Kier alpha value is -3.52. The largest absolute Gasteiger partial charge is 0.450 e. The fourth-order valence-electron chi connectivity index (χ4n) is 4.16. The Balaban J connectivity index is 1.42. The summed E-state index contributed by atoms with van der Waals surface area (Å²) in [6, 6.07) is 26.9. The number of rotatable bonds is 7. The van der Waals surface area contributed by atoms with Gasteiger partial charge in [0.05, 0.1) is 30.9 Å². The Morgan fingerprint density at radius 2 is 1.29 bits per heavy atom. The molecule has 6 rings (SSSR count). The minimum absolute atomic E-state index is 0.0646. The van der Waals surface area contributed by atoms with Gasteiger partial charge in [-0.2, -0.15) is 0 Å². The van der Waals surface area contributed by atoms with Gasteiger partial charge in [0.1, 0.15) is 6.10 Å². The molecule has 2 bridgehead atoms. The van der Waals surface area contributed by atoms with E-state index < -0.39 is 36.0 Å². The van der Waals surface area contributed by atoms with Crippen LogP contribution in [-0.2, 0) is 30.3 Å². The van der Waals surface area contributed by atoms with Crippen molar-refractivity contribution in [3.8, 4) is 0 Å². The molecule has 0 aromatic heterocycles. The molecule has 7 nitrogen and oxygen atoms in total. The van der Waals surface area contributed by atoms with Gasteiger partial charge in [0.2, 0.25) is 0 Å². The molecule has 3 aliphatic heterocycles. The highest BCUT2D eigenvalue weighted by Gasteiger charge is 2.61. The van der Waals surface area contributed by atoms with E-state index in [1.807, 2.05) is 42.5 Å². The Bertz CT molecular complexity index is 1110. The lowest BCUT2D eigenvalue weighted by atomic mass is 9.87. The Kier molecular flexibility index (Phi) is 6.40. The maximum atomic E-state index is 13.0. The number of fused-ring (bicyclic) bond motifs is 3. The molecule has 3 saturated heterocycles. The molecule has 7 heteroatoms. The van der Waals surface area contributed by atoms with Crippen LogP contribution < -0.4 is 0 Å². The van der Waals surface area contributed by atoms with E-state index in [9.17, 15) is 9.59 Å². The molecule has 3 fully saturated rings. The molecule has 0 saturated carbocycles. The molecule has 3 heterocycles. The van der Waals surface area contributed by atoms with Gasteiger partial charge < -0.3 is 23.7 Å². The van der Waals surface area contributed by atoms with Gasteiger partial charge in [0, 0.05) is 0 Å². The van der Waals surface area contributed by atoms with E-state index in [1.165, 1.54) is 0 Å². The summed E-state index contributed by atoms with van der Waals surface area (Å²) in [7, 11) is 0. The summed E-state index contributed by atoms with van der Waals surface area (Å²) in [4.78, 5) is 25.8. The van der Waals surface area contributed by atoms with Gasteiger partial charge in [-0.15, -0.1) is 0 Å². The lowest BCUT2D eigenvalue weighted by Crippen LogP contribution is -2.71. The fraction of sp³-hybridized carbons (Fsp3) is 0.259. The third-order valence-corrected chi connectivity index (χ3v) is 5.90. The molecule has 3 aliphatic rings. The second-order valence-corrected chi connectivity index (χ2v) is 8.26. The van der Waals surface area contributed by atoms with Crippen LogP contribution in [0.1, 0.15) is 26.3 Å². The number of benzene rings is 3. The lowest BCUT2D eigenvalue weighted by molar-refractivity contribution is -0.365. The number of ether oxygens (including phenoxy) is 5. The van der Waals surface area contributed by atoms with E-state index in [1.54, 1.807) is 48.5 Å². The summed E-state index contributed by atoms with van der Waals surface area (Å²) in [6.45, 7) is 0.367. The Morgan fingerprint density at radius 3 is 1.88 bits per heavy atom. The third-order valence-electron chi connectivity index (χ3n) is 5.90. The fourth-order valence-corrected chi connectivity index (χ4v) is 4.16. The highest BCUT2D eigenvalue weighted by Crippen LogP contribution is 2.39. The Labute approximate surface area is 197 Å². The molecule has 3 aromatic carbocycles. The van der Waals surface area contributed by atoms with Crippen molar-refractivity contribution in [1.29, 1.82) is 0 Å². The second kappa shape index (κ2) is 9.77. The van der Waals surface area contributed by atoms with Crippen molar-refractivity contribution in [3.05, 3.63) is 108 Å². The first-order valence-corrected chi connectivity index (χ1v) is 11.1. The topological polar surface area (TPSA) is 80.3 Å². The predicted molar refractivity (Wildman–Crippen MR) is 121 cm³/mol. The predicted octanol–water partition coefficient (Wildman–Crippen LogP) is 3.78. The summed E-state index contributed by atoms with van der Waals surface area (Å²) in [5, 5.41) is 0. The van der Waals surface area contributed by atoms with E-state index in [0.717, 1.165) is 5.56 Å². The van der Waals surface area contributed by atoms with Crippen molar-refractivity contribution >= 4 is 11.9 Å². The van der Waals surface area contributed by atoms with Crippen molar-refractivity contribution in [3.63, 3.8) is 0 Å². The van der Waals surface area contributed by atoms with Crippen molar-refractivity contribution in [2.24, 2.45) is 0 Å². The molecule has 0 unspecified atom stereocenters. The second-order valence-electron chi connectivity index (χ2n) is 8.26. The summed E-state index contributed by atoms with van der Waals surface area (Å²) in [5.41, 5.74) is 0.437. The van der Waals surface area contributed by atoms with Gasteiger partial charge in [0.15, 0.2) is 18.0 Å². The van der Waals surface area contributed by atoms with Crippen LogP contribution >= 0.6 is 0 Å². The minimum Gasteiger partial charge on any atom is -0.450 e. The molecule has 3 aromatic rings. The number of carbonyl (C=O) groups excluding carboxylic acids is 2. The van der Waals surface area contributed by atoms with Gasteiger partial charge in [-0.05, 0) is 29.8 Å². The monoisotopic (exact) mass is 460 g/mol. The average molecular weight is 460 g/mol. The molecule has 0 radical (unpaired) electrons. The standard InChI is InChI=1S/C27H24O7/c28-24(20-12-6-2-7-13-20)33-22-23(30-16-19-10-4-1-5-11-19)27(17-31-26(22)32-18-27)34-25(29)21-14-8-3-9-15-21/h1-15,22-23,26H,16-18H2/t22-,23-,26?,27?/m1/s1. The minimum atomic E-state index is -1.28. The van der Waals surface area contributed by atoms with E-state index in [-0.39, 0.29) is 19.8 Å². The van der Waals surface area contributed by atoms with Crippen LogP contribution in [0.2, 0.25) is 0 Å². The zero-order valence-electron chi connectivity index (χ0n) is 18.4. The number of esters is 2. The van der Waals surface area contributed by atoms with Crippen LogP contribution in [0, 0.1) is 0 Å². The molecule has 0 amide bonds. The van der Waals surface area contributed by atoms with Crippen molar-refractivity contribution < 1.29 is 33.3 Å². The summed E-state index contributed by atoms with van der Waals surface area (Å²) >= 11 is 0. The van der Waals surface area contributed by atoms with E-state index in [2.05, 4.69) is 0 Å². The molecule has 0 aliphatic carbocycles. The molecule has 174 valence electrons. The van der Waals surface area contributed by atoms with E-state index in [4.69, 9.17) is 23.7 Å². The SMILES string of the molecule is O=C(O[C@H]1C2OCC(OC(=O)c3ccccc3)(CO2)[C@@H]1OCc1ccccc1)c1ccccc1. The molecule has 2 atom stereocenters. The van der Waals surface area contributed by atoms with Gasteiger partial charge in [-0.3, -0.25) is 0 Å². The van der Waals surface area contributed by atoms with E-state index in [0.29, 0.717) is 11.1 Å². The van der Waals surface area contributed by atoms with Crippen molar-refractivity contribution in [2.75, 3.05) is 13.2 Å². The average Bonchev–Trinajstić information content (AvgIpc) is 2.90. The maximum Gasteiger partial charge on any atom is 0.338 e. The summed E-state index contributed by atoms with van der Waals surface area (Å²) < 4.78 is 29.6. The van der Waals surface area contributed by atoms with Gasteiger partial charge in [-0.1, -0.05) is 66.7 Å². The quantitative estimate of drug-likeness (QED) is 0.497. The molecule has 0 N–H and O–H groups in total. The first-order chi connectivity index (χ1) is 16.6. The summed E-state index contributed by atoms with van der Waals surface area (Å²) in [6.07, 6.45) is -2.55. The third kappa shape index (κ3) is 4.59. The molecular weight excluding hydrogens is 436 g/mol. The first-order valence-electron chi connectivity index (χ1n) is 11.1. The molecular formula is C27H24O7. The van der Waals surface area contributed by atoms with Crippen LogP contribution in [0.25, 0.3) is 0 Å². The molecule has 0 spiro atoms. The van der Waals surface area contributed by atoms with Gasteiger partial charge in [-0.25, -0.2) is 9.59 Å². The van der Waals surface area contributed by atoms with Crippen LogP contribution in [0.5, 0.6) is 0 Å². The van der Waals surface area contributed by atoms with E-state index >= 15 is 0 Å². The van der Waals surface area contributed by atoms with Gasteiger partial charge in [0.25, 0.3) is 0 Å². The highest BCUT2D eigenvalue weighted by atomic mass is 16.8. The maximum absolute atomic E-state index is 13.0. The van der Waals surface area contributed by atoms with Crippen LogP contribution in [-0.4, -0.2) is 49.3 Å². The number of carbonyl (C=O) groups is 2. The van der Waals surface area contributed by atoms with Crippen LogP contribution in [0.4, 0.5) is 0 Å². The van der Waals surface area contributed by atoms with Crippen LogP contribution in [0.15, 0.2) is 91.0 Å². The normalized spacial score (nSPS) is 25.5. The first kappa shape index (κ1) is 22.3. The van der Waals surface area contributed by atoms with Crippen molar-refractivity contribution in [1.82, 2.24) is 0 Å². The smallest absolute Gasteiger partial charge is 0.338 e. The van der Waals surface area contributed by atoms with Crippen LogP contribution in [0.3, 0.4) is 0 Å². The zero-order valence-corrected chi connectivity index (χ0v) is 18.4. The van der Waals surface area contributed by atoms with Gasteiger partial charge >= 0.3 is 11.9 Å².